The summed E-state index contributed by atoms with van der Waals surface area (Å²) in [6, 6.07) is 27.5. The average Bonchev–Trinajstić information content (AvgIpc) is 3.53. The summed E-state index contributed by atoms with van der Waals surface area (Å²) in [5, 5.41) is 0.659. The Labute approximate surface area is 263 Å². The van der Waals surface area contributed by atoms with E-state index in [2.05, 4.69) is 76.0 Å². The molecule has 6 nitrogen and oxygen atoms in total. The Bertz CT molecular complexity index is 1850. The number of amides is 1. The quantitative estimate of drug-likeness (QED) is 0.203. The van der Waals surface area contributed by atoms with Crippen molar-refractivity contribution in [3.63, 3.8) is 0 Å². The standard InChI is InChI=1S/C38H40FN5O/c1-26-41-35-9-5-6-10-36(35)44(26)33-23-31-12-13-32(24-33)43(31)20-17-38(29-7-3-2-4-8-29)15-18-42(19-16-38)37(45)28-21-27-22-30(39)11-14-34(27)40-25-28/h2-11,14,21-22,25,31-33H,12-13,15-20,23-24H2,1H3/t31-,32+,33?. The molecule has 1 amide bonds. The molecule has 0 N–H and O–H groups in total. The second-order valence-corrected chi connectivity index (χ2v) is 13.5. The number of rotatable bonds is 6. The van der Waals surface area contributed by atoms with Crippen LogP contribution in [0.3, 0.4) is 0 Å². The normalized spacial score (nSPS) is 23.2. The third kappa shape index (κ3) is 5.11. The molecular weight excluding hydrogens is 561 g/mol. The third-order valence-corrected chi connectivity index (χ3v) is 11.1. The van der Waals surface area contributed by atoms with Crippen LogP contribution < -0.4 is 0 Å². The van der Waals surface area contributed by atoms with Gasteiger partial charge in [0.1, 0.15) is 11.6 Å². The molecule has 0 spiro atoms. The van der Waals surface area contributed by atoms with Gasteiger partial charge in [0, 0.05) is 42.8 Å². The van der Waals surface area contributed by atoms with Gasteiger partial charge in [-0.15, -0.1) is 0 Å². The number of piperidine rings is 2. The zero-order chi connectivity index (χ0) is 30.5. The second-order valence-electron chi connectivity index (χ2n) is 13.5. The van der Waals surface area contributed by atoms with Gasteiger partial charge in [-0.05, 0) is 106 Å². The van der Waals surface area contributed by atoms with Crippen molar-refractivity contribution in [2.45, 2.75) is 75.4 Å². The van der Waals surface area contributed by atoms with Crippen LogP contribution >= 0.6 is 0 Å². The number of benzene rings is 3. The highest BCUT2D eigenvalue weighted by Gasteiger charge is 2.44. The minimum absolute atomic E-state index is 0.0160. The molecule has 3 atom stereocenters. The molecule has 3 saturated heterocycles. The van der Waals surface area contributed by atoms with Gasteiger partial charge < -0.3 is 9.47 Å². The second kappa shape index (κ2) is 11.4. The van der Waals surface area contributed by atoms with E-state index in [4.69, 9.17) is 4.98 Å². The van der Waals surface area contributed by atoms with Gasteiger partial charge in [0.15, 0.2) is 0 Å². The van der Waals surface area contributed by atoms with E-state index in [1.165, 1.54) is 48.9 Å². The lowest BCUT2D eigenvalue weighted by Crippen LogP contribution is -2.49. The number of aryl methyl sites for hydroxylation is 1. The maximum Gasteiger partial charge on any atom is 0.255 e. The third-order valence-electron chi connectivity index (χ3n) is 11.1. The summed E-state index contributed by atoms with van der Waals surface area (Å²) < 4.78 is 16.4. The van der Waals surface area contributed by atoms with Crippen molar-refractivity contribution in [2.24, 2.45) is 0 Å². The summed E-state index contributed by atoms with van der Waals surface area (Å²) in [4.78, 5) is 27.7. The van der Waals surface area contributed by atoms with Crippen LogP contribution in [0.5, 0.6) is 0 Å². The van der Waals surface area contributed by atoms with Crippen LogP contribution in [0.1, 0.15) is 72.7 Å². The zero-order valence-electron chi connectivity index (χ0n) is 25.9. The number of imidazole rings is 1. The van der Waals surface area contributed by atoms with E-state index in [1.54, 1.807) is 18.3 Å². The summed E-state index contributed by atoms with van der Waals surface area (Å²) in [6.07, 6.45) is 9.52. The van der Waals surface area contributed by atoms with E-state index in [9.17, 15) is 9.18 Å². The Morgan fingerprint density at radius 3 is 2.40 bits per heavy atom. The fourth-order valence-corrected chi connectivity index (χ4v) is 8.80. The van der Waals surface area contributed by atoms with E-state index in [-0.39, 0.29) is 17.1 Å². The number of nitrogens with zero attached hydrogens (tertiary/aromatic N) is 5. The molecule has 0 radical (unpaired) electrons. The molecule has 0 saturated carbocycles. The van der Waals surface area contributed by atoms with Gasteiger partial charge in [-0.25, -0.2) is 9.37 Å². The molecule has 2 aromatic heterocycles. The number of hydrogen-bond acceptors (Lipinski definition) is 4. The molecule has 0 aliphatic carbocycles. The number of carbonyl (C=O) groups is 1. The fourth-order valence-electron chi connectivity index (χ4n) is 8.80. The van der Waals surface area contributed by atoms with Crippen molar-refractivity contribution in [1.29, 1.82) is 0 Å². The predicted molar refractivity (Wildman–Crippen MR) is 176 cm³/mol. The number of halogens is 1. The van der Waals surface area contributed by atoms with Crippen LogP contribution in [0.25, 0.3) is 21.9 Å². The molecule has 5 heterocycles. The minimum Gasteiger partial charge on any atom is -0.339 e. The van der Waals surface area contributed by atoms with Crippen LogP contribution in [0.4, 0.5) is 4.39 Å². The molecule has 3 aliphatic heterocycles. The Morgan fingerprint density at radius 2 is 1.62 bits per heavy atom. The van der Waals surface area contributed by atoms with Crippen molar-refractivity contribution in [2.75, 3.05) is 19.6 Å². The van der Waals surface area contributed by atoms with E-state index < -0.39 is 0 Å². The summed E-state index contributed by atoms with van der Waals surface area (Å²) >= 11 is 0. The van der Waals surface area contributed by atoms with Crippen LogP contribution in [0.15, 0.2) is 85.1 Å². The SMILES string of the molecule is Cc1nc2ccccc2n1C1C[C@H]2CC[C@@H](C1)N2CCC1(c2ccccc2)CCN(C(=O)c2cnc3ccc(F)cc3c2)CC1. The minimum atomic E-state index is -0.317. The van der Waals surface area contributed by atoms with Crippen molar-refractivity contribution < 1.29 is 9.18 Å². The first-order chi connectivity index (χ1) is 22.0. The van der Waals surface area contributed by atoms with Crippen LogP contribution in [-0.2, 0) is 5.41 Å². The lowest BCUT2D eigenvalue weighted by molar-refractivity contribution is 0.0607. The molecule has 7 heteroatoms. The number of likely N-dealkylation sites (tertiary alicyclic amines) is 1. The highest BCUT2D eigenvalue weighted by Crippen LogP contribution is 2.45. The average molecular weight is 602 g/mol. The van der Waals surface area contributed by atoms with Crippen molar-refractivity contribution >= 4 is 27.8 Å². The van der Waals surface area contributed by atoms with E-state index in [1.807, 2.05) is 4.90 Å². The van der Waals surface area contributed by atoms with E-state index >= 15 is 0 Å². The van der Waals surface area contributed by atoms with Crippen molar-refractivity contribution in [3.05, 3.63) is 108 Å². The number of carbonyl (C=O) groups excluding carboxylic acids is 1. The molecule has 45 heavy (non-hydrogen) atoms. The van der Waals surface area contributed by atoms with Gasteiger partial charge in [-0.3, -0.25) is 14.7 Å². The first-order valence-corrected chi connectivity index (χ1v) is 16.6. The van der Waals surface area contributed by atoms with Gasteiger partial charge in [0.25, 0.3) is 5.91 Å². The van der Waals surface area contributed by atoms with Gasteiger partial charge in [-0.2, -0.15) is 0 Å². The molecule has 230 valence electrons. The molecule has 5 aromatic rings. The topological polar surface area (TPSA) is 54.3 Å². The van der Waals surface area contributed by atoms with E-state index in [0.717, 1.165) is 37.1 Å². The van der Waals surface area contributed by atoms with Crippen molar-refractivity contribution in [1.82, 2.24) is 24.3 Å². The Balaban J connectivity index is 0.978. The lowest BCUT2D eigenvalue weighted by Gasteiger charge is -2.45. The molecule has 3 aromatic carbocycles. The summed E-state index contributed by atoms with van der Waals surface area (Å²) in [7, 11) is 0. The first-order valence-electron chi connectivity index (χ1n) is 16.6. The number of pyridine rings is 1. The van der Waals surface area contributed by atoms with Gasteiger partial charge in [-0.1, -0.05) is 42.5 Å². The number of para-hydroxylation sites is 2. The largest absolute Gasteiger partial charge is 0.339 e. The first kappa shape index (κ1) is 28.4. The molecule has 1 unspecified atom stereocenters. The highest BCUT2D eigenvalue weighted by molar-refractivity contribution is 5.97. The monoisotopic (exact) mass is 601 g/mol. The van der Waals surface area contributed by atoms with Crippen LogP contribution in [0, 0.1) is 12.7 Å². The highest BCUT2D eigenvalue weighted by atomic mass is 19.1. The summed E-state index contributed by atoms with van der Waals surface area (Å²) in [5.41, 5.74) is 5.02. The van der Waals surface area contributed by atoms with Crippen LogP contribution in [-0.4, -0.2) is 62.0 Å². The molecule has 2 bridgehead atoms. The Hall–Kier alpha value is -4.10. The smallest absolute Gasteiger partial charge is 0.255 e. The van der Waals surface area contributed by atoms with Crippen LogP contribution in [0.2, 0.25) is 0 Å². The predicted octanol–water partition coefficient (Wildman–Crippen LogP) is 7.46. The van der Waals surface area contributed by atoms with E-state index in [0.29, 0.717) is 47.7 Å². The Morgan fingerprint density at radius 1 is 0.889 bits per heavy atom. The number of fused-ring (bicyclic) bond motifs is 4. The fraction of sp³-hybridized carbons (Fsp3) is 0.395. The van der Waals surface area contributed by atoms with Gasteiger partial charge in [0.05, 0.1) is 22.1 Å². The summed E-state index contributed by atoms with van der Waals surface area (Å²) in [6.45, 7) is 4.66. The zero-order valence-corrected chi connectivity index (χ0v) is 25.9. The maximum atomic E-state index is 13.9. The Kier molecular flexibility index (Phi) is 7.16. The van der Waals surface area contributed by atoms with Gasteiger partial charge in [0.2, 0.25) is 0 Å². The molecule has 8 rings (SSSR count). The number of hydrogen-bond donors (Lipinski definition) is 0. The van der Waals surface area contributed by atoms with Gasteiger partial charge >= 0.3 is 0 Å². The lowest BCUT2D eigenvalue weighted by atomic mass is 9.70. The molecule has 3 aliphatic rings. The van der Waals surface area contributed by atoms with Crippen molar-refractivity contribution in [3.8, 4) is 0 Å². The summed E-state index contributed by atoms with van der Waals surface area (Å²) in [5.74, 6) is 0.797. The maximum absolute atomic E-state index is 13.9. The number of aromatic nitrogens is 3. The molecule has 3 fully saturated rings. The molecular formula is C38H40FN5O.